The second-order valence-corrected chi connectivity index (χ2v) is 6.06. The monoisotopic (exact) mass is 367 g/mol. The zero-order valence-electron chi connectivity index (χ0n) is 15.7. The highest BCUT2D eigenvalue weighted by Crippen LogP contribution is 2.20. The lowest BCUT2D eigenvalue weighted by Crippen LogP contribution is -2.38. The van der Waals surface area contributed by atoms with Crippen molar-refractivity contribution in [1.29, 1.82) is 0 Å². The predicted molar refractivity (Wildman–Crippen MR) is 106 cm³/mol. The zero-order valence-corrected chi connectivity index (χ0v) is 15.7. The molecule has 27 heavy (non-hydrogen) atoms. The predicted octanol–water partition coefficient (Wildman–Crippen LogP) is 3.06. The van der Waals surface area contributed by atoms with Crippen molar-refractivity contribution in [2.24, 2.45) is 4.99 Å². The number of aromatic nitrogens is 2. The minimum atomic E-state index is 0.375. The number of hydrogen-bond acceptors (Lipinski definition) is 5. The van der Waals surface area contributed by atoms with Crippen molar-refractivity contribution in [3.8, 4) is 5.75 Å². The van der Waals surface area contributed by atoms with E-state index in [0.717, 1.165) is 31.2 Å². The van der Waals surface area contributed by atoms with Gasteiger partial charge < -0.3 is 19.9 Å². The fraction of sp³-hybridized carbons (Fsp3) is 0.350. The largest absolute Gasteiger partial charge is 0.494 e. The smallest absolute Gasteiger partial charge is 0.223 e. The number of guanidine groups is 1. The molecular weight excluding hydrogens is 342 g/mol. The van der Waals surface area contributed by atoms with Crippen LogP contribution < -0.4 is 15.4 Å². The molecule has 0 aliphatic carbocycles. The lowest BCUT2D eigenvalue weighted by Gasteiger charge is -2.11. The summed E-state index contributed by atoms with van der Waals surface area (Å²) in [7, 11) is 0. The number of aliphatic imine (C=N–C) groups is 1. The first-order valence-corrected chi connectivity index (χ1v) is 9.17. The molecule has 0 spiro atoms. The Labute approximate surface area is 158 Å². The Morgan fingerprint density at radius 3 is 2.78 bits per heavy atom. The van der Waals surface area contributed by atoms with Crippen LogP contribution in [0.5, 0.6) is 5.75 Å². The molecular formula is C20H25N5O2. The van der Waals surface area contributed by atoms with Crippen LogP contribution in [0.15, 0.2) is 52.0 Å². The molecule has 7 heteroatoms. The van der Waals surface area contributed by atoms with Gasteiger partial charge in [0, 0.05) is 20.0 Å². The molecule has 7 nitrogen and oxygen atoms in total. The molecule has 3 aromatic rings. The van der Waals surface area contributed by atoms with Crippen molar-refractivity contribution < 1.29 is 9.26 Å². The third-order valence-electron chi connectivity index (χ3n) is 3.90. The van der Waals surface area contributed by atoms with Crippen LogP contribution in [0.3, 0.4) is 0 Å². The van der Waals surface area contributed by atoms with Crippen molar-refractivity contribution in [3.63, 3.8) is 0 Å². The van der Waals surface area contributed by atoms with Gasteiger partial charge in [0.2, 0.25) is 5.89 Å². The van der Waals surface area contributed by atoms with Crippen LogP contribution in [0.25, 0.3) is 10.8 Å². The van der Waals surface area contributed by atoms with Gasteiger partial charge in [-0.25, -0.2) is 4.99 Å². The summed E-state index contributed by atoms with van der Waals surface area (Å²) in [5.74, 6) is 2.74. The van der Waals surface area contributed by atoms with Crippen LogP contribution in [0.2, 0.25) is 0 Å². The third-order valence-corrected chi connectivity index (χ3v) is 3.90. The van der Waals surface area contributed by atoms with Crippen LogP contribution in [-0.4, -0.2) is 35.8 Å². The molecule has 0 saturated heterocycles. The summed E-state index contributed by atoms with van der Waals surface area (Å²) in [5, 5.41) is 12.7. The SMILES string of the molecule is CCNC(=NCc1noc(C)n1)NCCCOc1ccc2ccccc2c1. The molecule has 0 aliphatic heterocycles. The molecule has 0 bridgehead atoms. The Hall–Kier alpha value is -3.09. The first-order chi connectivity index (χ1) is 13.2. The lowest BCUT2D eigenvalue weighted by molar-refractivity contribution is 0.311. The Balaban J connectivity index is 1.42. The number of nitrogens with zero attached hydrogens (tertiary/aromatic N) is 3. The highest BCUT2D eigenvalue weighted by atomic mass is 16.5. The maximum Gasteiger partial charge on any atom is 0.223 e. The molecule has 2 N–H and O–H groups in total. The minimum Gasteiger partial charge on any atom is -0.494 e. The number of benzene rings is 2. The molecule has 2 aromatic carbocycles. The standard InChI is InChI=1S/C20H25N5O2/c1-3-21-20(23-14-19-24-15(2)27-25-19)22-11-6-12-26-18-10-9-16-7-4-5-8-17(16)13-18/h4-5,7-10,13H,3,6,11-12,14H2,1-2H3,(H2,21,22,23). The highest BCUT2D eigenvalue weighted by Gasteiger charge is 2.03. The molecule has 142 valence electrons. The minimum absolute atomic E-state index is 0.375. The van der Waals surface area contributed by atoms with Crippen molar-refractivity contribution in [1.82, 2.24) is 20.8 Å². The summed E-state index contributed by atoms with van der Waals surface area (Å²) in [6, 6.07) is 14.4. The van der Waals surface area contributed by atoms with E-state index >= 15 is 0 Å². The second-order valence-electron chi connectivity index (χ2n) is 6.06. The van der Waals surface area contributed by atoms with Gasteiger partial charge in [-0.05, 0) is 36.2 Å². The van der Waals surface area contributed by atoms with Crippen molar-refractivity contribution >= 4 is 16.7 Å². The summed E-state index contributed by atoms with van der Waals surface area (Å²) in [5.41, 5.74) is 0. The Morgan fingerprint density at radius 1 is 1.15 bits per heavy atom. The molecule has 0 radical (unpaired) electrons. The molecule has 0 aliphatic rings. The summed E-state index contributed by atoms with van der Waals surface area (Å²) < 4.78 is 10.8. The van der Waals surface area contributed by atoms with Crippen LogP contribution in [0, 0.1) is 6.92 Å². The van der Waals surface area contributed by atoms with E-state index in [2.05, 4.69) is 50.0 Å². The molecule has 0 atom stereocenters. The van der Waals surface area contributed by atoms with Crippen molar-refractivity contribution in [2.45, 2.75) is 26.8 Å². The van der Waals surface area contributed by atoms with E-state index in [1.54, 1.807) is 6.92 Å². The van der Waals surface area contributed by atoms with Gasteiger partial charge in [-0.2, -0.15) is 4.98 Å². The summed E-state index contributed by atoms with van der Waals surface area (Å²) in [4.78, 5) is 8.60. The van der Waals surface area contributed by atoms with Gasteiger partial charge in [0.1, 0.15) is 12.3 Å². The number of ether oxygens (including phenoxy) is 1. The van der Waals surface area contributed by atoms with Crippen LogP contribution in [0.1, 0.15) is 25.1 Å². The van der Waals surface area contributed by atoms with Gasteiger partial charge in [-0.15, -0.1) is 0 Å². The average molecular weight is 367 g/mol. The fourth-order valence-electron chi connectivity index (χ4n) is 2.62. The number of fused-ring (bicyclic) bond motifs is 1. The molecule has 0 saturated carbocycles. The summed E-state index contributed by atoms with van der Waals surface area (Å²) in [6.45, 7) is 6.34. The van der Waals surface area contributed by atoms with E-state index < -0.39 is 0 Å². The maximum atomic E-state index is 5.86. The van der Waals surface area contributed by atoms with E-state index in [1.807, 2.05) is 25.1 Å². The normalized spacial score (nSPS) is 11.6. The molecule has 0 unspecified atom stereocenters. The highest BCUT2D eigenvalue weighted by molar-refractivity contribution is 5.83. The van der Waals surface area contributed by atoms with Gasteiger partial charge in [0.05, 0.1) is 6.61 Å². The Kier molecular flexibility index (Phi) is 6.62. The van der Waals surface area contributed by atoms with Crippen LogP contribution >= 0.6 is 0 Å². The van der Waals surface area contributed by atoms with E-state index in [0.29, 0.717) is 24.9 Å². The summed E-state index contributed by atoms with van der Waals surface area (Å²) in [6.07, 6.45) is 0.860. The quantitative estimate of drug-likeness (QED) is 0.362. The fourth-order valence-corrected chi connectivity index (χ4v) is 2.62. The van der Waals surface area contributed by atoms with Crippen LogP contribution in [0.4, 0.5) is 0 Å². The van der Waals surface area contributed by atoms with Crippen molar-refractivity contribution in [2.75, 3.05) is 19.7 Å². The number of aryl methyl sites for hydroxylation is 1. The van der Waals surface area contributed by atoms with E-state index in [4.69, 9.17) is 9.26 Å². The molecule has 3 rings (SSSR count). The van der Waals surface area contributed by atoms with E-state index in [1.165, 1.54) is 10.8 Å². The summed E-state index contributed by atoms with van der Waals surface area (Å²) >= 11 is 0. The number of rotatable bonds is 8. The van der Waals surface area contributed by atoms with Gasteiger partial charge in [-0.1, -0.05) is 35.5 Å². The van der Waals surface area contributed by atoms with Gasteiger partial charge in [-0.3, -0.25) is 0 Å². The molecule has 1 aromatic heterocycles. The number of nitrogens with one attached hydrogen (secondary N) is 2. The van der Waals surface area contributed by atoms with E-state index in [9.17, 15) is 0 Å². The third kappa shape index (κ3) is 5.70. The zero-order chi connectivity index (χ0) is 18.9. The van der Waals surface area contributed by atoms with E-state index in [-0.39, 0.29) is 0 Å². The first kappa shape index (κ1) is 18.7. The Bertz CT molecular complexity index is 891. The molecule has 0 fully saturated rings. The first-order valence-electron chi connectivity index (χ1n) is 9.17. The van der Waals surface area contributed by atoms with Crippen molar-refractivity contribution in [3.05, 3.63) is 54.2 Å². The number of hydrogen-bond donors (Lipinski definition) is 2. The molecule has 0 amide bonds. The maximum absolute atomic E-state index is 5.86. The Morgan fingerprint density at radius 2 is 2.00 bits per heavy atom. The average Bonchev–Trinajstić information content (AvgIpc) is 3.11. The van der Waals surface area contributed by atoms with Gasteiger partial charge in [0.25, 0.3) is 0 Å². The topological polar surface area (TPSA) is 84.6 Å². The van der Waals surface area contributed by atoms with Crippen LogP contribution in [-0.2, 0) is 6.54 Å². The van der Waals surface area contributed by atoms with Gasteiger partial charge >= 0.3 is 0 Å². The lowest BCUT2D eigenvalue weighted by atomic mass is 10.1. The molecule has 1 heterocycles. The second kappa shape index (κ2) is 9.56. The van der Waals surface area contributed by atoms with Gasteiger partial charge in [0.15, 0.2) is 11.8 Å².